The van der Waals surface area contributed by atoms with Gasteiger partial charge in [-0.15, -0.1) is 11.6 Å². The van der Waals surface area contributed by atoms with Gasteiger partial charge in [-0.05, 0) is 12.0 Å². The largest absolute Gasteiger partial charge is 0.339 e. The Morgan fingerprint density at radius 3 is 2.59 bits per heavy atom. The number of halogens is 1. The van der Waals surface area contributed by atoms with E-state index in [0.717, 1.165) is 31.7 Å². The van der Waals surface area contributed by atoms with Gasteiger partial charge in [0, 0.05) is 26.2 Å². The van der Waals surface area contributed by atoms with Crippen LogP contribution in [0.5, 0.6) is 0 Å². The van der Waals surface area contributed by atoms with Gasteiger partial charge in [0.25, 0.3) is 0 Å². The van der Waals surface area contributed by atoms with E-state index < -0.39 is 5.38 Å². The normalized spacial score (nSPS) is 17.8. The number of piperazine rings is 1. The lowest BCUT2D eigenvalue weighted by Crippen LogP contribution is -2.49. The monoisotopic (exact) mass is 252 g/mol. The van der Waals surface area contributed by atoms with E-state index in [1.54, 1.807) is 0 Å². The molecule has 1 amide bonds. The molecule has 4 heteroatoms. The average Bonchev–Trinajstić information content (AvgIpc) is 2.40. The second kappa shape index (κ2) is 6.03. The van der Waals surface area contributed by atoms with Crippen molar-refractivity contribution in [2.75, 3.05) is 26.2 Å². The van der Waals surface area contributed by atoms with Crippen LogP contribution >= 0.6 is 11.6 Å². The summed E-state index contributed by atoms with van der Waals surface area (Å²) >= 11 is 6.19. The van der Waals surface area contributed by atoms with E-state index in [4.69, 9.17) is 11.6 Å². The highest BCUT2D eigenvalue weighted by molar-refractivity contribution is 6.30. The Balaban J connectivity index is 1.90. The van der Waals surface area contributed by atoms with Crippen molar-refractivity contribution in [3.63, 3.8) is 0 Å². The van der Waals surface area contributed by atoms with Gasteiger partial charge in [-0.1, -0.05) is 30.3 Å². The van der Waals surface area contributed by atoms with Gasteiger partial charge in [-0.25, -0.2) is 0 Å². The molecule has 1 aliphatic rings. The molecule has 0 bridgehead atoms. The Morgan fingerprint density at radius 1 is 1.29 bits per heavy atom. The van der Waals surface area contributed by atoms with Gasteiger partial charge < -0.3 is 10.2 Å². The Labute approximate surface area is 107 Å². The Bertz CT molecular complexity index is 363. The summed E-state index contributed by atoms with van der Waals surface area (Å²) in [6.07, 6.45) is 0.602. The Kier molecular flexibility index (Phi) is 4.40. The molecule has 3 nitrogen and oxygen atoms in total. The van der Waals surface area contributed by atoms with Crippen molar-refractivity contribution in [2.24, 2.45) is 0 Å². The van der Waals surface area contributed by atoms with E-state index in [1.165, 1.54) is 0 Å². The van der Waals surface area contributed by atoms with Gasteiger partial charge in [0.1, 0.15) is 5.38 Å². The van der Waals surface area contributed by atoms with E-state index >= 15 is 0 Å². The molecule has 0 aliphatic carbocycles. The van der Waals surface area contributed by atoms with E-state index in [-0.39, 0.29) is 5.91 Å². The molecule has 1 unspecified atom stereocenters. The quantitative estimate of drug-likeness (QED) is 0.822. The first kappa shape index (κ1) is 12.4. The summed E-state index contributed by atoms with van der Waals surface area (Å²) in [5.74, 6) is 0.0528. The molecule has 1 saturated heterocycles. The first-order valence-electron chi connectivity index (χ1n) is 5.95. The van der Waals surface area contributed by atoms with Gasteiger partial charge in [-0.3, -0.25) is 4.79 Å². The average molecular weight is 253 g/mol. The molecule has 1 aromatic carbocycles. The molecule has 0 radical (unpaired) electrons. The molecular formula is C13H17ClN2O. The van der Waals surface area contributed by atoms with Gasteiger partial charge in [-0.2, -0.15) is 0 Å². The molecule has 1 fully saturated rings. The summed E-state index contributed by atoms with van der Waals surface area (Å²) < 4.78 is 0. The van der Waals surface area contributed by atoms with Crippen LogP contribution in [0.1, 0.15) is 5.56 Å². The molecule has 92 valence electrons. The third-order valence-corrected chi connectivity index (χ3v) is 3.30. The van der Waals surface area contributed by atoms with Crippen LogP contribution < -0.4 is 5.32 Å². The first-order chi connectivity index (χ1) is 8.27. The molecule has 2 rings (SSSR count). The number of hydrogen-bond acceptors (Lipinski definition) is 2. The lowest BCUT2D eigenvalue weighted by molar-refractivity contribution is -0.131. The molecular weight excluding hydrogens is 236 g/mol. The third-order valence-electron chi connectivity index (χ3n) is 2.95. The number of benzene rings is 1. The van der Waals surface area contributed by atoms with Gasteiger partial charge in [0.05, 0.1) is 0 Å². The molecule has 1 heterocycles. The fraction of sp³-hybridized carbons (Fsp3) is 0.462. The highest BCUT2D eigenvalue weighted by atomic mass is 35.5. The second-order valence-electron chi connectivity index (χ2n) is 4.23. The topological polar surface area (TPSA) is 32.3 Å². The van der Waals surface area contributed by atoms with Crippen molar-refractivity contribution in [1.82, 2.24) is 10.2 Å². The van der Waals surface area contributed by atoms with Crippen molar-refractivity contribution >= 4 is 17.5 Å². The maximum atomic E-state index is 12.1. The number of rotatable bonds is 3. The van der Waals surface area contributed by atoms with Crippen molar-refractivity contribution in [3.05, 3.63) is 35.9 Å². The number of nitrogens with zero attached hydrogens (tertiary/aromatic N) is 1. The van der Waals surface area contributed by atoms with Crippen LogP contribution in [-0.2, 0) is 11.2 Å². The number of carbonyl (C=O) groups is 1. The Hall–Kier alpha value is -1.06. The van der Waals surface area contributed by atoms with Gasteiger partial charge in [0.15, 0.2) is 0 Å². The summed E-state index contributed by atoms with van der Waals surface area (Å²) in [5, 5.41) is 2.77. The molecule has 1 aromatic rings. The van der Waals surface area contributed by atoms with Crippen LogP contribution in [0.25, 0.3) is 0 Å². The van der Waals surface area contributed by atoms with Crippen LogP contribution in [0, 0.1) is 0 Å². The third kappa shape index (κ3) is 3.45. The summed E-state index contributed by atoms with van der Waals surface area (Å²) in [6, 6.07) is 9.90. The van der Waals surface area contributed by atoms with Crippen molar-refractivity contribution in [1.29, 1.82) is 0 Å². The molecule has 1 aliphatic heterocycles. The van der Waals surface area contributed by atoms with Crippen LogP contribution in [0.3, 0.4) is 0 Å². The minimum Gasteiger partial charge on any atom is -0.339 e. The number of hydrogen-bond donors (Lipinski definition) is 1. The number of alkyl halides is 1. The summed E-state index contributed by atoms with van der Waals surface area (Å²) in [6.45, 7) is 3.25. The molecule has 0 spiro atoms. The summed E-state index contributed by atoms with van der Waals surface area (Å²) in [4.78, 5) is 13.9. The van der Waals surface area contributed by atoms with Crippen LogP contribution in [-0.4, -0.2) is 42.4 Å². The van der Waals surface area contributed by atoms with Gasteiger partial charge >= 0.3 is 0 Å². The second-order valence-corrected chi connectivity index (χ2v) is 4.76. The number of carbonyl (C=O) groups excluding carboxylic acids is 1. The zero-order chi connectivity index (χ0) is 12.1. The van der Waals surface area contributed by atoms with Crippen molar-refractivity contribution in [2.45, 2.75) is 11.8 Å². The fourth-order valence-corrected chi connectivity index (χ4v) is 2.31. The van der Waals surface area contributed by atoms with Crippen LogP contribution in [0.15, 0.2) is 30.3 Å². The maximum Gasteiger partial charge on any atom is 0.241 e. The smallest absolute Gasteiger partial charge is 0.241 e. The standard InChI is InChI=1S/C13H17ClN2O/c14-12(10-11-4-2-1-3-5-11)13(17)16-8-6-15-7-9-16/h1-5,12,15H,6-10H2. The first-order valence-corrected chi connectivity index (χ1v) is 6.38. The molecule has 0 aromatic heterocycles. The van der Waals surface area contributed by atoms with Crippen LogP contribution in [0.4, 0.5) is 0 Å². The Morgan fingerprint density at radius 2 is 1.94 bits per heavy atom. The lowest BCUT2D eigenvalue weighted by atomic mass is 10.1. The minimum absolute atomic E-state index is 0.0528. The summed E-state index contributed by atoms with van der Waals surface area (Å²) in [5.41, 5.74) is 1.11. The van der Waals surface area contributed by atoms with E-state index in [0.29, 0.717) is 6.42 Å². The minimum atomic E-state index is -0.449. The van der Waals surface area contributed by atoms with E-state index in [2.05, 4.69) is 5.32 Å². The van der Waals surface area contributed by atoms with Crippen LogP contribution in [0.2, 0.25) is 0 Å². The van der Waals surface area contributed by atoms with Crippen molar-refractivity contribution < 1.29 is 4.79 Å². The zero-order valence-electron chi connectivity index (χ0n) is 9.73. The highest BCUT2D eigenvalue weighted by Gasteiger charge is 2.23. The maximum absolute atomic E-state index is 12.1. The number of nitrogens with one attached hydrogen (secondary N) is 1. The van der Waals surface area contributed by atoms with Gasteiger partial charge in [0.2, 0.25) is 5.91 Å². The lowest BCUT2D eigenvalue weighted by Gasteiger charge is -2.29. The zero-order valence-corrected chi connectivity index (χ0v) is 10.5. The van der Waals surface area contributed by atoms with E-state index in [9.17, 15) is 4.79 Å². The highest BCUT2D eigenvalue weighted by Crippen LogP contribution is 2.11. The van der Waals surface area contributed by atoms with Crippen molar-refractivity contribution in [3.8, 4) is 0 Å². The predicted molar refractivity (Wildman–Crippen MR) is 69.2 cm³/mol. The van der Waals surface area contributed by atoms with E-state index in [1.807, 2.05) is 35.2 Å². The molecule has 1 N–H and O–H groups in total. The number of amides is 1. The SMILES string of the molecule is O=C(C(Cl)Cc1ccccc1)N1CCNCC1. The fourth-order valence-electron chi connectivity index (χ4n) is 1.99. The predicted octanol–water partition coefficient (Wildman–Crippen LogP) is 1.27. The molecule has 17 heavy (non-hydrogen) atoms. The molecule has 0 saturated carbocycles. The summed E-state index contributed by atoms with van der Waals surface area (Å²) in [7, 11) is 0. The molecule has 1 atom stereocenters.